The first-order valence-electron chi connectivity index (χ1n) is 7.78. The van der Waals surface area contributed by atoms with Crippen molar-refractivity contribution in [3.63, 3.8) is 0 Å². The maximum atomic E-state index is 13.9. The number of halogens is 2. The van der Waals surface area contributed by atoms with Gasteiger partial charge in [0.15, 0.2) is 5.82 Å². The van der Waals surface area contributed by atoms with Gasteiger partial charge in [-0.2, -0.15) is 4.98 Å². The topological polar surface area (TPSA) is 67.1 Å². The van der Waals surface area contributed by atoms with E-state index in [1.807, 2.05) is 7.05 Å². The summed E-state index contributed by atoms with van der Waals surface area (Å²) in [6, 6.07) is 3.75. The number of nitrogens with zero attached hydrogens (tertiary/aromatic N) is 4. The predicted octanol–water partition coefficient (Wildman–Crippen LogP) is 2.71. The number of hydrogen-bond donors (Lipinski definition) is 1. The smallest absolute Gasteiger partial charge is 0.277 e. The van der Waals surface area contributed by atoms with E-state index in [1.165, 1.54) is 18.2 Å². The van der Waals surface area contributed by atoms with Crippen LogP contribution in [0, 0.1) is 11.6 Å². The normalized spacial score (nSPS) is 18.6. The van der Waals surface area contributed by atoms with Crippen molar-refractivity contribution in [3.8, 4) is 22.2 Å². The third kappa shape index (κ3) is 3.06. The van der Waals surface area contributed by atoms with Gasteiger partial charge in [-0.3, -0.25) is 4.90 Å². The lowest BCUT2D eigenvalue weighted by atomic mass is 10.2. The van der Waals surface area contributed by atoms with Crippen molar-refractivity contribution in [3.05, 3.63) is 41.0 Å². The molecule has 6 nitrogen and oxygen atoms in total. The number of likely N-dealkylation sites (N-methyl/N-ethyl adjacent to an activating group) is 1. The second kappa shape index (κ2) is 6.58. The molecule has 25 heavy (non-hydrogen) atoms. The molecule has 1 aliphatic heterocycles. The van der Waals surface area contributed by atoms with Crippen LogP contribution in [0.1, 0.15) is 11.9 Å². The average Bonchev–Trinajstić information content (AvgIpc) is 3.24. The highest BCUT2D eigenvalue weighted by atomic mass is 32.1. The average molecular weight is 363 g/mol. The molecule has 0 spiro atoms. The summed E-state index contributed by atoms with van der Waals surface area (Å²) < 4.78 is 33.1. The Balaban J connectivity index is 1.63. The van der Waals surface area contributed by atoms with Crippen molar-refractivity contribution in [2.45, 2.75) is 6.04 Å². The number of thiazole rings is 1. The molecule has 0 saturated carbocycles. The molecule has 3 aromatic rings. The highest BCUT2D eigenvalue weighted by molar-refractivity contribution is 7.13. The maximum Gasteiger partial charge on any atom is 0.277 e. The van der Waals surface area contributed by atoms with Crippen LogP contribution in [-0.4, -0.2) is 46.7 Å². The summed E-state index contributed by atoms with van der Waals surface area (Å²) in [7, 11) is 2.00. The van der Waals surface area contributed by atoms with Gasteiger partial charge in [-0.05, 0) is 19.2 Å². The zero-order valence-electron chi connectivity index (χ0n) is 13.4. The first-order valence-corrected chi connectivity index (χ1v) is 8.66. The van der Waals surface area contributed by atoms with E-state index in [1.54, 1.807) is 5.38 Å². The molecular weight excluding hydrogens is 348 g/mol. The lowest BCUT2D eigenvalue weighted by Crippen LogP contribution is -2.44. The quantitative estimate of drug-likeness (QED) is 0.772. The molecular formula is C16H15F2N5OS. The number of nitrogens with one attached hydrogen (secondary N) is 1. The second-order valence-corrected chi connectivity index (χ2v) is 6.65. The lowest BCUT2D eigenvalue weighted by Gasteiger charge is -2.30. The summed E-state index contributed by atoms with van der Waals surface area (Å²) >= 11 is 1.13. The van der Waals surface area contributed by atoms with Gasteiger partial charge in [0.2, 0.25) is 0 Å². The molecule has 3 heterocycles. The fraction of sp³-hybridized carbons (Fsp3) is 0.312. The molecule has 9 heteroatoms. The Morgan fingerprint density at radius 2 is 2.08 bits per heavy atom. The maximum absolute atomic E-state index is 13.9. The van der Waals surface area contributed by atoms with Gasteiger partial charge >= 0.3 is 0 Å². The van der Waals surface area contributed by atoms with Gasteiger partial charge in [0.1, 0.15) is 22.3 Å². The van der Waals surface area contributed by atoms with Gasteiger partial charge in [0, 0.05) is 25.0 Å². The minimum Gasteiger partial charge on any atom is -0.332 e. The molecule has 4 rings (SSSR count). The zero-order valence-corrected chi connectivity index (χ0v) is 14.2. The number of piperazine rings is 1. The Hall–Kier alpha value is -2.23. The fourth-order valence-corrected chi connectivity index (χ4v) is 3.60. The summed E-state index contributed by atoms with van der Waals surface area (Å²) in [6.07, 6.45) is 0. The summed E-state index contributed by atoms with van der Waals surface area (Å²) in [5.41, 5.74) is 0.266. The van der Waals surface area contributed by atoms with Crippen molar-refractivity contribution in [2.75, 3.05) is 26.7 Å². The van der Waals surface area contributed by atoms with Crippen LogP contribution in [0.3, 0.4) is 0 Å². The summed E-state index contributed by atoms with van der Waals surface area (Å²) in [5, 5.41) is 9.21. The van der Waals surface area contributed by atoms with Crippen LogP contribution in [0.15, 0.2) is 28.1 Å². The van der Waals surface area contributed by atoms with Gasteiger partial charge in [-0.15, -0.1) is 11.3 Å². The molecule has 130 valence electrons. The number of aromatic nitrogens is 3. The third-order valence-electron chi connectivity index (χ3n) is 4.15. The molecule has 1 aromatic carbocycles. The van der Waals surface area contributed by atoms with Crippen molar-refractivity contribution >= 4 is 11.3 Å². The predicted molar refractivity (Wildman–Crippen MR) is 89.0 cm³/mol. The Bertz CT molecular complexity index is 876. The minimum atomic E-state index is -0.651. The van der Waals surface area contributed by atoms with E-state index in [0.717, 1.165) is 31.0 Å². The Morgan fingerprint density at radius 1 is 1.28 bits per heavy atom. The molecule has 1 saturated heterocycles. The van der Waals surface area contributed by atoms with E-state index >= 15 is 0 Å². The molecule has 0 amide bonds. The molecule has 1 unspecified atom stereocenters. The number of rotatable bonds is 3. The van der Waals surface area contributed by atoms with E-state index in [4.69, 9.17) is 4.52 Å². The van der Waals surface area contributed by atoms with Gasteiger partial charge in [-0.25, -0.2) is 13.8 Å². The standard InChI is InChI=1S/C16H15F2N5OS/c1-23-6-5-19-7-12(23)14-21-15(24-22-14)11-8-25-16(20-11)13-9(17)3-2-4-10(13)18/h2-4,8,12,19H,5-7H2,1H3. The van der Waals surface area contributed by atoms with Crippen molar-refractivity contribution in [1.29, 1.82) is 0 Å². The first-order chi connectivity index (χ1) is 12.1. The monoisotopic (exact) mass is 363 g/mol. The SMILES string of the molecule is CN1CCNCC1c1noc(-c2csc(-c3c(F)cccc3F)n2)n1. The van der Waals surface area contributed by atoms with Crippen LogP contribution in [0.4, 0.5) is 8.78 Å². The summed E-state index contributed by atoms with van der Waals surface area (Å²) in [5.74, 6) is -0.492. The first kappa shape index (κ1) is 16.2. The minimum absolute atomic E-state index is 0.0216. The molecule has 1 N–H and O–H groups in total. The number of hydrogen-bond acceptors (Lipinski definition) is 7. The van der Waals surface area contributed by atoms with Gasteiger partial charge < -0.3 is 9.84 Å². The summed E-state index contributed by atoms with van der Waals surface area (Å²) in [4.78, 5) is 10.8. The fourth-order valence-electron chi connectivity index (χ4n) is 2.76. The van der Waals surface area contributed by atoms with E-state index in [-0.39, 0.29) is 22.5 Å². The van der Waals surface area contributed by atoms with E-state index in [2.05, 4.69) is 25.3 Å². The van der Waals surface area contributed by atoms with Crippen LogP contribution in [0.25, 0.3) is 22.2 Å². The van der Waals surface area contributed by atoms with Crippen molar-refractivity contribution in [2.24, 2.45) is 0 Å². The lowest BCUT2D eigenvalue weighted by molar-refractivity contribution is 0.190. The Kier molecular flexibility index (Phi) is 4.28. The molecule has 1 atom stereocenters. The highest BCUT2D eigenvalue weighted by Crippen LogP contribution is 2.32. The molecule has 0 aliphatic carbocycles. The van der Waals surface area contributed by atoms with Crippen LogP contribution in [-0.2, 0) is 0 Å². The second-order valence-electron chi connectivity index (χ2n) is 5.79. The van der Waals surface area contributed by atoms with Gasteiger partial charge in [-0.1, -0.05) is 11.2 Å². The van der Waals surface area contributed by atoms with Gasteiger partial charge in [0.05, 0.1) is 11.6 Å². The van der Waals surface area contributed by atoms with Crippen molar-refractivity contribution in [1.82, 2.24) is 25.3 Å². The molecule has 0 bridgehead atoms. The van der Waals surface area contributed by atoms with Crippen LogP contribution in [0.2, 0.25) is 0 Å². The molecule has 1 fully saturated rings. The van der Waals surface area contributed by atoms with Crippen LogP contribution >= 0.6 is 11.3 Å². The molecule has 1 aliphatic rings. The number of benzene rings is 1. The van der Waals surface area contributed by atoms with E-state index < -0.39 is 11.6 Å². The van der Waals surface area contributed by atoms with Crippen LogP contribution < -0.4 is 5.32 Å². The van der Waals surface area contributed by atoms with Crippen LogP contribution in [0.5, 0.6) is 0 Å². The van der Waals surface area contributed by atoms with E-state index in [9.17, 15) is 8.78 Å². The Labute approximate surface area is 146 Å². The Morgan fingerprint density at radius 3 is 2.84 bits per heavy atom. The highest BCUT2D eigenvalue weighted by Gasteiger charge is 2.26. The molecule has 2 aromatic heterocycles. The van der Waals surface area contributed by atoms with Gasteiger partial charge in [0.25, 0.3) is 5.89 Å². The van der Waals surface area contributed by atoms with E-state index in [0.29, 0.717) is 11.5 Å². The zero-order chi connectivity index (χ0) is 17.4. The summed E-state index contributed by atoms with van der Waals surface area (Å²) in [6.45, 7) is 2.54. The largest absolute Gasteiger partial charge is 0.332 e. The van der Waals surface area contributed by atoms with Crippen molar-refractivity contribution < 1.29 is 13.3 Å². The molecule has 0 radical (unpaired) electrons. The third-order valence-corrected chi connectivity index (χ3v) is 5.01.